The molecule has 0 aliphatic rings. The zero-order valence-corrected chi connectivity index (χ0v) is 23.4. The van der Waals surface area contributed by atoms with Crippen molar-refractivity contribution in [3.8, 4) is 12.3 Å². The molecule has 0 saturated carbocycles. The third kappa shape index (κ3) is 10.4. The first kappa shape index (κ1) is 32.4. The van der Waals surface area contributed by atoms with E-state index in [2.05, 4.69) is 16.6 Å². The molecule has 9 heteroatoms. The fraction of sp³-hybridized carbons (Fsp3) is 0.452. The summed E-state index contributed by atoms with van der Waals surface area (Å²) in [6.45, 7) is 7.07. The van der Waals surface area contributed by atoms with Crippen LogP contribution in [0.15, 0.2) is 36.4 Å². The van der Waals surface area contributed by atoms with Crippen LogP contribution in [-0.2, 0) is 11.2 Å². The quantitative estimate of drug-likeness (QED) is 0.288. The number of hydrogen-bond donors (Lipinski definition) is 3. The molecule has 0 bridgehead atoms. The molecule has 2 rings (SSSR count). The summed E-state index contributed by atoms with van der Waals surface area (Å²) < 4.78 is 27.7. The lowest BCUT2D eigenvalue weighted by atomic mass is 9.97. The SMILES string of the molecule is C#CCCC(=O)NCC[C@@H](O)[C@H](Cc1cc(F)cc(F)c1)NC(=O)c1cc(C)cc(C(=O)N(CCC)CCC)c1. The molecule has 0 fully saturated rings. The Balaban J connectivity index is 2.26. The third-order valence-corrected chi connectivity index (χ3v) is 6.28. The summed E-state index contributed by atoms with van der Waals surface area (Å²) >= 11 is 0. The molecule has 0 saturated heterocycles. The second-order valence-electron chi connectivity index (χ2n) is 9.85. The van der Waals surface area contributed by atoms with Crippen LogP contribution in [0.25, 0.3) is 0 Å². The lowest BCUT2D eigenvalue weighted by Gasteiger charge is -2.25. The van der Waals surface area contributed by atoms with Crippen molar-refractivity contribution in [1.29, 1.82) is 0 Å². The van der Waals surface area contributed by atoms with Crippen LogP contribution in [0.5, 0.6) is 0 Å². The van der Waals surface area contributed by atoms with Gasteiger partial charge in [-0.1, -0.05) is 13.8 Å². The molecule has 7 nitrogen and oxygen atoms in total. The normalized spacial score (nSPS) is 12.2. The Hall–Kier alpha value is -3.77. The first-order valence-electron chi connectivity index (χ1n) is 13.6. The molecule has 0 aliphatic heterocycles. The minimum Gasteiger partial charge on any atom is -0.391 e. The van der Waals surface area contributed by atoms with Gasteiger partial charge in [0.2, 0.25) is 5.91 Å². The van der Waals surface area contributed by atoms with Gasteiger partial charge in [0, 0.05) is 49.7 Å². The number of amides is 3. The number of aryl methyl sites for hydroxylation is 1. The van der Waals surface area contributed by atoms with Gasteiger partial charge < -0.3 is 20.6 Å². The Morgan fingerprint density at radius 2 is 1.62 bits per heavy atom. The fourth-order valence-electron chi connectivity index (χ4n) is 4.43. The summed E-state index contributed by atoms with van der Waals surface area (Å²) in [4.78, 5) is 40.1. The highest BCUT2D eigenvalue weighted by atomic mass is 19.1. The second-order valence-corrected chi connectivity index (χ2v) is 9.85. The van der Waals surface area contributed by atoms with E-state index in [1.165, 1.54) is 6.07 Å². The van der Waals surface area contributed by atoms with Crippen molar-refractivity contribution < 1.29 is 28.3 Å². The Bertz CT molecular complexity index is 1190. The Morgan fingerprint density at radius 1 is 1.00 bits per heavy atom. The first-order valence-corrected chi connectivity index (χ1v) is 13.6. The number of nitrogens with zero attached hydrogens (tertiary/aromatic N) is 1. The molecular formula is C31H39F2N3O4. The fourth-order valence-corrected chi connectivity index (χ4v) is 4.43. The Morgan fingerprint density at radius 3 is 2.23 bits per heavy atom. The summed E-state index contributed by atoms with van der Waals surface area (Å²) in [5.74, 6) is -0.162. The number of rotatable bonds is 15. The van der Waals surface area contributed by atoms with Gasteiger partial charge in [-0.2, -0.15) is 0 Å². The zero-order chi connectivity index (χ0) is 29.7. The van der Waals surface area contributed by atoms with Gasteiger partial charge >= 0.3 is 0 Å². The number of halogens is 2. The maximum atomic E-state index is 13.9. The van der Waals surface area contributed by atoms with Gasteiger partial charge in [0.25, 0.3) is 11.8 Å². The van der Waals surface area contributed by atoms with Crippen LogP contribution in [0.1, 0.15) is 77.8 Å². The minimum atomic E-state index is -1.15. The highest BCUT2D eigenvalue weighted by Crippen LogP contribution is 2.16. The number of aliphatic hydroxyl groups excluding tert-OH is 1. The smallest absolute Gasteiger partial charge is 0.253 e. The highest BCUT2D eigenvalue weighted by Gasteiger charge is 2.24. The van der Waals surface area contributed by atoms with Gasteiger partial charge in [0.05, 0.1) is 12.1 Å². The molecule has 0 unspecified atom stereocenters. The van der Waals surface area contributed by atoms with Crippen molar-refractivity contribution in [1.82, 2.24) is 15.5 Å². The van der Waals surface area contributed by atoms with E-state index >= 15 is 0 Å². The molecule has 0 heterocycles. The van der Waals surface area contributed by atoms with Crippen LogP contribution >= 0.6 is 0 Å². The zero-order valence-electron chi connectivity index (χ0n) is 23.4. The molecule has 2 aromatic rings. The van der Waals surface area contributed by atoms with Crippen LogP contribution in [0.2, 0.25) is 0 Å². The third-order valence-electron chi connectivity index (χ3n) is 6.28. The molecule has 3 amide bonds. The van der Waals surface area contributed by atoms with E-state index < -0.39 is 29.7 Å². The average Bonchev–Trinajstić information content (AvgIpc) is 2.90. The van der Waals surface area contributed by atoms with Crippen molar-refractivity contribution in [3.05, 3.63) is 70.3 Å². The van der Waals surface area contributed by atoms with Gasteiger partial charge in [0.15, 0.2) is 0 Å². The average molecular weight is 556 g/mol. The number of nitrogens with one attached hydrogen (secondary N) is 2. The molecule has 0 aromatic heterocycles. The molecule has 2 atom stereocenters. The predicted molar refractivity (Wildman–Crippen MR) is 151 cm³/mol. The summed E-state index contributed by atoms with van der Waals surface area (Å²) in [6.07, 6.45) is 6.07. The summed E-state index contributed by atoms with van der Waals surface area (Å²) in [7, 11) is 0. The topological polar surface area (TPSA) is 98.7 Å². The monoisotopic (exact) mass is 555 g/mol. The molecule has 0 aliphatic carbocycles. The predicted octanol–water partition coefficient (Wildman–Crippen LogP) is 4.16. The second kappa shape index (κ2) is 16.4. The molecular weight excluding hydrogens is 516 g/mol. The van der Waals surface area contributed by atoms with Crippen LogP contribution in [-0.4, -0.2) is 59.5 Å². The Labute approximate surface area is 235 Å². The largest absolute Gasteiger partial charge is 0.391 e. The molecule has 40 heavy (non-hydrogen) atoms. The van der Waals surface area contributed by atoms with Crippen LogP contribution < -0.4 is 10.6 Å². The lowest BCUT2D eigenvalue weighted by Crippen LogP contribution is -2.46. The van der Waals surface area contributed by atoms with E-state index in [0.717, 1.165) is 31.0 Å². The summed E-state index contributed by atoms with van der Waals surface area (Å²) in [5.41, 5.74) is 1.56. The van der Waals surface area contributed by atoms with Gasteiger partial charge in [-0.15, -0.1) is 12.3 Å². The van der Waals surface area contributed by atoms with E-state index in [1.54, 1.807) is 24.0 Å². The van der Waals surface area contributed by atoms with Crippen LogP contribution in [0, 0.1) is 30.9 Å². The van der Waals surface area contributed by atoms with E-state index in [9.17, 15) is 28.3 Å². The van der Waals surface area contributed by atoms with Crippen molar-refractivity contribution >= 4 is 17.7 Å². The molecule has 2 aromatic carbocycles. The molecule has 3 N–H and O–H groups in total. The molecule has 0 radical (unpaired) electrons. The van der Waals surface area contributed by atoms with Gasteiger partial charge in [-0.3, -0.25) is 14.4 Å². The summed E-state index contributed by atoms with van der Waals surface area (Å²) in [6, 6.07) is 6.94. The summed E-state index contributed by atoms with van der Waals surface area (Å²) in [5, 5.41) is 16.4. The van der Waals surface area contributed by atoms with Crippen molar-refractivity contribution in [2.24, 2.45) is 0 Å². The van der Waals surface area contributed by atoms with Crippen molar-refractivity contribution in [2.45, 2.75) is 71.4 Å². The number of hydrogen-bond acceptors (Lipinski definition) is 4. The standard InChI is InChI=1S/C31H39F2N3O4/c1-5-8-9-29(38)34-11-10-28(37)27(18-22-16-25(32)20-26(33)17-22)35-30(39)23-14-21(4)15-24(19-23)31(40)36(12-6-2)13-7-3/h1,14-17,19-20,27-28,37H,6-13,18H2,2-4H3,(H,34,38)(H,35,39)/t27-,28+/m0/s1. The number of carbonyl (C=O) groups is 3. The highest BCUT2D eigenvalue weighted by molar-refractivity contribution is 6.00. The van der Waals surface area contributed by atoms with Crippen LogP contribution in [0.3, 0.4) is 0 Å². The molecule has 216 valence electrons. The van der Waals surface area contributed by atoms with Crippen LogP contribution in [0.4, 0.5) is 8.78 Å². The van der Waals surface area contributed by atoms with Gasteiger partial charge in [0.1, 0.15) is 11.6 Å². The van der Waals surface area contributed by atoms with Crippen molar-refractivity contribution in [2.75, 3.05) is 19.6 Å². The van der Waals surface area contributed by atoms with E-state index in [1.807, 2.05) is 13.8 Å². The number of benzene rings is 2. The van der Waals surface area contributed by atoms with Gasteiger partial charge in [-0.25, -0.2) is 8.78 Å². The number of aliphatic hydroxyl groups is 1. The van der Waals surface area contributed by atoms with Gasteiger partial charge in [-0.05, 0) is 74.1 Å². The number of carbonyl (C=O) groups excluding carboxylic acids is 3. The van der Waals surface area contributed by atoms with E-state index in [4.69, 9.17) is 6.42 Å². The molecule has 0 spiro atoms. The maximum absolute atomic E-state index is 13.9. The lowest BCUT2D eigenvalue weighted by molar-refractivity contribution is -0.121. The Kier molecular flexibility index (Phi) is 13.3. The maximum Gasteiger partial charge on any atom is 0.253 e. The van der Waals surface area contributed by atoms with Crippen molar-refractivity contribution in [3.63, 3.8) is 0 Å². The number of terminal acetylenes is 1. The van der Waals surface area contributed by atoms with E-state index in [-0.39, 0.29) is 55.2 Å². The van der Waals surface area contributed by atoms with E-state index in [0.29, 0.717) is 24.2 Å². The minimum absolute atomic E-state index is 0.0645. The first-order chi connectivity index (χ1) is 19.1.